The summed E-state index contributed by atoms with van der Waals surface area (Å²) in [6, 6.07) is 4.97. The van der Waals surface area contributed by atoms with Gasteiger partial charge in [-0.2, -0.15) is 0 Å². The Balaban J connectivity index is 1.32. The molecule has 0 bridgehead atoms. The molecule has 0 radical (unpaired) electrons. The molecule has 2 aliphatic heterocycles. The number of piperazine rings is 1. The maximum absolute atomic E-state index is 14.6. The van der Waals surface area contributed by atoms with E-state index in [1.165, 1.54) is 25.0 Å². The van der Waals surface area contributed by atoms with Crippen LogP contribution in [0.3, 0.4) is 0 Å². The van der Waals surface area contributed by atoms with Gasteiger partial charge in [0.25, 0.3) is 5.91 Å². The molecular weight excluding hydrogens is 569 g/mol. The van der Waals surface area contributed by atoms with Crippen molar-refractivity contribution in [1.29, 1.82) is 0 Å². The average molecular weight is 622 g/mol. The van der Waals surface area contributed by atoms with Gasteiger partial charge in [-0.15, -0.1) is 0 Å². The molecule has 0 saturated carbocycles. The average Bonchev–Trinajstić information content (AvgIpc) is 3.36. The number of fused-ring (bicyclic) bond motifs is 1. The van der Waals surface area contributed by atoms with Crippen molar-refractivity contribution < 1.29 is 14.3 Å². The lowest BCUT2D eigenvalue weighted by molar-refractivity contribution is 0.0530. The highest BCUT2D eigenvalue weighted by molar-refractivity contribution is 6.02. The molecule has 1 atom stereocenters. The van der Waals surface area contributed by atoms with E-state index in [0.29, 0.717) is 35.3 Å². The number of hydrogen-bond donors (Lipinski definition) is 1. The first kappa shape index (κ1) is 33.4. The number of aliphatic hydroxyl groups is 1. The number of carbonyl (C=O) groups is 1. The van der Waals surface area contributed by atoms with Crippen LogP contribution in [-0.4, -0.2) is 123 Å². The number of likely N-dealkylation sites (tertiary alicyclic amines) is 1. The summed E-state index contributed by atoms with van der Waals surface area (Å²) < 4.78 is 16.6. The third kappa shape index (κ3) is 7.40. The summed E-state index contributed by atoms with van der Waals surface area (Å²) in [7, 11) is 0. The SMILES string of the molecule is CCN(C(=O)c1cc(F)ccc1-c1nc(C2CN(C(CCCN3CCN(CCO)CC3)C(C)C)C2)cn2c(C)ncc12)C(C)C. The predicted octanol–water partition coefficient (Wildman–Crippen LogP) is 4.53. The lowest BCUT2D eigenvalue weighted by Gasteiger charge is -2.46. The molecular formula is C35H52FN7O2. The van der Waals surface area contributed by atoms with Crippen LogP contribution >= 0.6 is 0 Å². The molecule has 1 aromatic carbocycles. The molecule has 45 heavy (non-hydrogen) atoms. The topological polar surface area (TPSA) is 80.5 Å². The van der Waals surface area contributed by atoms with Gasteiger partial charge in [-0.05, 0) is 71.2 Å². The molecule has 2 saturated heterocycles. The lowest BCUT2D eigenvalue weighted by Crippen LogP contribution is -2.53. The maximum Gasteiger partial charge on any atom is 0.254 e. The Morgan fingerprint density at radius 1 is 1.09 bits per heavy atom. The Labute approximate surface area is 268 Å². The Kier molecular flexibility index (Phi) is 10.9. The third-order valence-corrected chi connectivity index (χ3v) is 9.84. The van der Waals surface area contributed by atoms with Crippen molar-refractivity contribution in [2.75, 3.05) is 65.5 Å². The second kappa shape index (κ2) is 14.7. The number of benzene rings is 1. The molecule has 2 fully saturated rings. The van der Waals surface area contributed by atoms with Crippen LogP contribution in [0.5, 0.6) is 0 Å². The van der Waals surface area contributed by atoms with Crippen LogP contribution < -0.4 is 0 Å². The zero-order valence-electron chi connectivity index (χ0n) is 28.0. The highest BCUT2D eigenvalue weighted by Gasteiger charge is 2.36. The second-order valence-electron chi connectivity index (χ2n) is 13.5. The Morgan fingerprint density at radius 2 is 1.78 bits per heavy atom. The molecule has 1 unspecified atom stereocenters. The van der Waals surface area contributed by atoms with E-state index in [9.17, 15) is 14.3 Å². The number of amides is 1. The van der Waals surface area contributed by atoms with Crippen molar-refractivity contribution in [2.45, 2.75) is 72.4 Å². The number of nitrogens with zero attached hydrogens (tertiary/aromatic N) is 7. The number of aliphatic hydroxyl groups excluding tert-OH is 1. The molecule has 1 N–H and O–H groups in total. The molecule has 0 aliphatic carbocycles. The van der Waals surface area contributed by atoms with Gasteiger partial charge < -0.3 is 19.3 Å². The Hall–Kier alpha value is -2.92. The highest BCUT2D eigenvalue weighted by atomic mass is 19.1. The molecule has 1 amide bonds. The fourth-order valence-electron chi connectivity index (χ4n) is 7.14. The first-order valence-electron chi connectivity index (χ1n) is 16.9. The van der Waals surface area contributed by atoms with Crippen molar-refractivity contribution in [2.24, 2.45) is 5.92 Å². The van der Waals surface area contributed by atoms with E-state index in [0.717, 1.165) is 69.4 Å². The van der Waals surface area contributed by atoms with Crippen LogP contribution in [0.4, 0.5) is 4.39 Å². The summed E-state index contributed by atoms with van der Waals surface area (Å²) in [4.78, 5) is 32.7. The van der Waals surface area contributed by atoms with Crippen molar-refractivity contribution >= 4 is 11.4 Å². The van der Waals surface area contributed by atoms with Crippen LogP contribution in [0.1, 0.15) is 75.3 Å². The molecule has 9 nitrogen and oxygen atoms in total. The van der Waals surface area contributed by atoms with E-state index < -0.39 is 5.82 Å². The summed E-state index contributed by atoms with van der Waals surface area (Å²) in [5, 5.41) is 9.21. The third-order valence-electron chi connectivity index (χ3n) is 9.84. The minimum Gasteiger partial charge on any atom is -0.395 e. The van der Waals surface area contributed by atoms with E-state index in [1.54, 1.807) is 17.2 Å². The quantitative estimate of drug-likeness (QED) is 0.301. The molecule has 4 heterocycles. The normalized spacial score (nSPS) is 17.8. The summed E-state index contributed by atoms with van der Waals surface area (Å²) in [5.74, 6) is 1.07. The summed E-state index contributed by atoms with van der Waals surface area (Å²) >= 11 is 0. The molecule has 2 aliphatic rings. The van der Waals surface area contributed by atoms with Crippen molar-refractivity contribution in [3.63, 3.8) is 0 Å². The van der Waals surface area contributed by atoms with E-state index in [4.69, 9.17) is 4.98 Å². The van der Waals surface area contributed by atoms with E-state index in [1.807, 2.05) is 27.7 Å². The van der Waals surface area contributed by atoms with Gasteiger partial charge in [0, 0.05) is 82.1 Å². The second-order valence-corrected chi connectivity index (χ2v) is 13.5. The number of aryl methyl sites for hydroxylation is 1. The van der Waals surface area contributed by atoms with Gasteiger partial charge in [0.05, 0.1) is 35.3 Å². The summed E-state index contributed by atoms with van der Waals surface area (Å²) in [6.45, 7) is 21.3. The molecule has 0 spiro atoms. The van der Waals surface area contributed by atoms with Gasteiger partial charge in [-0.25, -0.2) is 14.4 Å². The molecule has 3 aromatic rings. The Morgan fingerprint density at radius 3 is 2.40 bits per heavy atom. The molecule has 10 heteroatoms. The van der Waals surface area contributed by atoms with Crippen LogP contribution in [0.2, 0.25) is 0 Å². The summed E-state index contributed by atoms with van der Waals surface area (Å²) in [6.07, 6.45) is 6.25. The first-order chi connectivity index (χ1) is 21.6. The monoisotopic (exact) mass is 621 g/mol. The van der Waals surface area contributed by atoms with Gasteiger partial charge in [0.15, 0.2) is 0 Å². The summed E-state index contributed by atoms with van der Waals surface area (Å²) in [5.41, 5.74) is 3.45. The molecule has 246 valence electrons. The number of halogens is 1. The lowest BCUT2D eigenvalue weighted by atomic mass is 9.88. The van der Waals surface area contributed by atoms with Gasteiger partial charge in [-0.1, -0.05) is 13.8 Å². The van der Waals surface area contributed by atoms with Crippen LogP contribution in [0.25, 0.3) is 16.8 Å². The first-order valence-corrected chi connectivity index (χ1v) is 16.9. The predicted molar refractivity (Wildman–Crippen MR) is 177 cm³/mol. The van der Waals surface area contributed by atoms with Gasteiger partial charge in [0.2, 0.25) is 0 Å². The smallest absolute Gasteiger partial charge is 0.254 e. The minimum atomic E-state index is -0.433. The molecule has 2 aromatic heterocycles. The number of β-amino-alcohol motifs (C(OH)–C–C–N with tert-alkyl or cyclic N) is 1. The van der Waals surface area contributed by atoms with E-state index >= 15 is 0 Å². The van der Waals surface area contributed by atoms with Crippen molar-refractivity contribution in [3.8, 4) is 11.3 Å². The van der Waals surface area contributed by atoms with Gasteiger partial charge in [-0.3, -0.25) is 14.6 Å². The number of imidazole rings is 1. The number of rotatable bonds is 13. The zero-order chi connectivity index (χ0) is 32.2. The van der Waals surface area contributed by atoms with Gasteiger partial charge >= 0.3 is 0 Å². The zero-order valence-corrected chi connectivity index (χ0v) is 28.0. The van der Waals surface area contributed by atoms with E-state index in [2.05, 4.69) is 44.1 Å². The number of carbonyl (C=O) groups excluding carboxylic acids is 1. The fourth-order valence-corrected chi connectivity index (χ4v) is 7.14. The molecule has 5 rings (SSSR count). The van der Waals surface area contributed by atoms with Gasteiger partial charge in [0.1, 0.15) is 11.6 Å². The van der Waals surface area contributed by atoms with Crippen LogP contribution in [0, 0.1) is 18.7 Å². The minimum absolute atomic E-state index is 0.00732. The van der Waals surface area contributed by atoms with Crippen LogP contribution in [-0.2, 0) is 0 Å². The van der Waals surface area contributed by atoms with Crippen molar-refractivity contribution in [1.82, 2.24) is 34.0 Å². The largest absolute Gasteiger partial charge is 0.395 e. The highest BCUT2D eigenvalue weighted by Crippen LogP contribution is 2.35. The Bertz CT molecular complexity index is 1440. The number of aromatic nitrogens is 3. The fraction of sp³-hybridized carbons (Fsp3) is 0.629. The maximum atomic E-state index is 14.6. The van der Waals surface area contributed by atoms with Crippen LogP contribution in [0.15, 0.2) is 30.6 Å². The number of hydrogen-bond acceptors (Lipinski definition) is 7. The standard InChI is InChI=1S/C35H52FN7O2/c1-7-42(25(4)5)35(45)30-19-28(36)10-11-29(30)34-33-20-37-26(6)43(33)23-31(38-34)27-21-41(22-27)32(24(2)3)9-8-12-39-13-15-40(16-14-39)17-18-44/h10-11,19-20,23-25,27,32,44H,7-9,12-18,21-22H2,1-6H3. The van der Waals surface area contributed by atoms with Crippen molar-refractivity contribution in [3.05, 3.63) is 53.5 Å². The van der Waals surface area contributed by atoms with E-state index in [-0.39, 0.29) is 24.5 Å².